The van der Waals surface area contributed by atoms with Crippen molar-refractivity contribution in [2.24, 2.45) is 11.8 Å². The van der Waals surface area contributed by atoms with Crippen LogP contribution in [0.4, 0.5) is 0 Å². The molecule has 10 heteroatoms. The van der Waals surface area contributed by atoms with Crippen LogP contribution in [0.15, 0.2) is 12.1 Å². The minimum absolute atomic E-state index is 0.0999. The topological polar surface area (TPSA) is 149 Å². The fraction of sp³-hybridized carbons (Fsp3) is 0.696. The maximum absolute atomic E-state index is 11.6. The summed E-state index contributed by atoms with van der Waals surface area (Å²) in [7, 11) is 0. The molecule has 0 amide bonds. The summed E-state index contributed by atoms with van der Waals surface area (Å²) in [5.74, 6) is -7.93. The van der Waals surface area contributed by atoms with E-state index in [0.29, 0.717) is 25.7 Å². The fourth-order valence-corrected chi connectivity index (χ4v) is 10.7. The molecule has 0 saturated carbocycles. The lowest BCUT2D eigenvalue weighted by molar-refractivity contribution is -0.156. The smallest absolute Gasteiger partial charge is 0.317 e. The van der Waals surface area contributed by atoms with Crippen molar-refractivity contribution in [1.82, 2.24) is 0 Å². The van der Waals surface area contributed by atoms with Crippen molar-refractivity contribution in [3.63, 3.8) is 0 Å². The second-order valence-electron chi connectivity index (χ2n) is 16.0. The molecule has 2 heterocycles. The quantitative estimate of drug-likeness (QED) is 0.0344. The molecule has 0 bridgehead atoms. The highest BCUT2D eigenvalue weighted by Gasteiger charge is 2.27. The van der Waals surface area contributed by atoms with Gasteiger partial charge in [-0.15, -0.1) is 22.7 Å². The number of carbonyl (C=O) groups is 4. The first-order valence-corrected chi connectivity index (χ1v) is 23.6. The summed E-state index contributed by atoms with van der Waals surface area (Å²) in [6, 6.07) is 4.64. The van der Waals surface area contributed by atoms with E-state index in [2.05, 4.69) is 26.0 Å². The first kappa shape index (κ1) is 47.4. The Balaban J connectivity index is 1.82. The predicted molar refractivity (Wildman–Crippen MR) is 232 cm³/mol. The Morgan fingerprint density at radius 3 is 1.00 bits per heavy atom. The lowest BCUT2D eigenvalue weighted by Crippen LogP contribution is -2.23. The Hall–Kier alpha value is -2.98. The zero-order chi connectivity index (χ0) is 40.7. The molecule has 3 aromatic rings. The molecular formula is C46H70O8S2. The van der Waals surface area contributed by atoms with Crippen LogP contribution in [-0.4, -0.2) is 44.3 Å². The van der Waals surface area contributed by atoms with Crippen molar-refractivity contribution in [2.75, 3.05) is 0 Å². The monoisotopic (exact) mass is 814 g/mol. The molecule has 56 heavy (non-hydrogen) atoms. The van der Waals surface area contributed by atoms with Gasteiger partial charge in [0.05, 0.1) is 0 Å². The highest BCUT2D eigenvalue weighted by atomic mass is 32.1. The molecule has 314 valence electrons. The lowest BCUT2D eigenvalue weighted by atomic mass is 9.96. The summed E-state index contributed by atoms with van der Waals surface area (Å²) in [6.07, 6.45) is 29.5. The van der Waals surface area contributed by atoms with Crippen molar-refractivity contribution >= 4 is 66.7 Å². The molecule has 1 aromatic carbocycles. The summed E-state index contributed by atoms with van der Waals surface area (Å²) in [5.41, 5.74) is 2.62. The number of carboxylic acids is 4. The van der Waals surface area contributed by atoms with Crippen LogP contribution in [0.3, 0.4) is 0 Å². The number of aliphatic carboxylic acids is 4. The SMILES string of the molecule is CCCCCCCCCCCCc1c(CCCC(C(=O)O)C(=O)O)sc2cc3c(CCCCCCCCCCCC)c(CCCC(C(=O)O)C(=O)O)sc3cc12. The van der Waals surface area contributed by atoms with E-state index in [1.54, 1.807) is 22.7 Å². The highest BCUT2D eigenvalue weighted by molar-refractivity contribution is 7.21. The van der Waals surface area contributed by atoms with E-state index in [0.717, 1.165) is 38.5 Å². The minimum Gasteiger partial charge on any atom is -0.481 e. The third kappa shape index (κ3) is 16.1. The maximum atomic E-state index is 11.6. The van der Waals surface area contributed by atoms with Crippen LogP contribution in [0.25, 0.3) is 20.2 Å². The van der Waals surface area contributed by atoms with Crippen molar-refractivity contribution < 1.29 is 39.6 Å². The van der Waals surface area contributed by atoms with Crippen LogP contribution in [-0.2, 0) is 44.9 Å². The summed E-state index contributed by atoms with van der Waals surface area (Å²) >= 11 is 3.52. The molecule has 0 spiro atoms. The number of fused-ring (bicyclic) bond motifs is 2. The zero-order valence-corrected chi connectivity index (χ0v) is 36.0. The first-order chi connectivity index (χ1) is 27.1. The Kier molecular flexibility index (Phi) is 22.7. The molecule has 0 aliphatic rings. The number of thiophene rings is 2. The summed E-state index contributed by atoms with van der Waals surface area (Å²) < 4.78 is 2.40. The predicted octanol–water partition coefficient (Wildman–Crippen LogP) is 13.3. The van der Waals surface area contributed by atoms with Crippen LogP contribution in [0, 0.1) is 11.8 Å². The molecule has 0 saturated heterocycles. The molecule has 0 atom stereocenters. The average Bonchev–Trinajstić information content (AvgIpc) is 3.67. The van der Waals surface area contributed by atoms with Crippen molar-refractivity contribution in [3.8, 4) is 0 Å². The van der Waals surface area contributed by atoms with E-state index in [4.69, 9.17) is 0 Å². The number of rotatable bonds is 34. The Labute approximate surface area is 343 Å². The van der Waals surface area contributed by atoms with Gasteiger partial charge in [0.25, 0.3) is 0 Å². The van der Waals surface area contributed by atoms with E-state index >= 15 is 0 Å². The number of unbranched alkanes of at least 4 members (excludes halogenated alkanes) is 18. The van der Waals surface area contributed by atoms with Gasteiger partial charge in [0.15, 0.2) is 11.8 Å². The molecule has 0 radical (unpaired) electrons. The lowest BCUT2D eigenvalue weighted by Gasteiger charge is -2.09. The van der Waals surface area contributed by atoms with E-state index < -0.39 is 35.7 Å². The van der Waals surface area contributed by atoms with Crippen molar-refractivity contribution in [2.45, 2.75) is 194 Å². The minimum atomic E-state index is -1.40. The van der Waals surface area contributed by atoms with Gasteiger partial charge < -0.3 is 20.4 Å². The van der Waals surface area contributed by atoms with E-state index in [9.17, 15) is 39.6 Å². The van der Waals surface area contributed by atoms with Crippen molar-refractivity contribution in [3.05, 3.63) is 33.0 Å². The van der Waals surface area contributed by atoms with Crippen LogP contribution in [0.5, 0.6) is 0 Å². The van der Waals surface area contributed by atoms with Gasteiger partial charge in [-0.05, 0) is 98.2 Å². The zero-order valence-electron chi connectivity index (χ0n) is 34.3. The number of benzene rings is 1. The van der Waals surface area contributed by atoms with E-state index in [1.807, 2.05) is 0 Å². The number of hydrogen-bond acceptors (Lipinski definition) is 6. The Morgan fingerprint density at radius 1 is 0.429 bits per heavy atom. The van der Waals surface area contributed by atoms with Gasteiger partial charge in [0.2, 0.25) is 0 Å². The van der Waals surface area contributed by atoms with Gasteiger partial charge >= 0.3 is 23.9 Å². The molecule has 0 aliphatic carbocycles. The maximum Gasteiger partial charge on any atom is 0.317 e. The van der Waals surface area contributed by atoms with Gasteiger partial charge in [-0.1, -0.05) is 129 Å². The van der Waals surface area contributed by atoms with Crippen LogP contribution < -0.4 is 0 Å². The van der Waals surface area contributed by atoms with Gasteiger partial charge in [-0.25, -0.2) is 0 Å². The van der Waals surface area contributed by atoms with Gasteiger partial charge in [0, 0.05) is 19.2 Å². The summed E-state index contributed by atoms with van der Waals surface area (Å²) in [5, 5.41) is 40.3. The summed E-state index contributed by atoms with van der Waals surface area (Å²) in [6.45, 7) is 4.49. The highest BCUT2D eigenvalue weighted by Crippen LogP contribution is 2.42. The van der Waals surface area contributed by atoms with E-state index in [-0.39, 0.29) is 12.8 Å². The molecule has 0 unspecified atom stereocenters. The molecule has 0 fully saturated rings. The van der Waals surface area contributed by atoms with E-state index in [1.165, 1.54) is 144 Å². The van der Waals surface area contributed by atoms with Gasteiger partial charge in [-0.2, -0.15) is 0 Å². The van der Waals surface area contributed by atoms with Gasteiger partial charge in [0.1, 0.15) is 0 Å². The normalized spacial score (nSPS) is 11.8. The molecule has 3 rings (SSSR count). The van der Waals surface area contributed by atoms with Crippen LogP contribution in [0.2, 0.25) is 0 Å². The molecule has 2 aromatic heterocycles. The number of hydrogen-bond donors (Lipinski definition) is 4. The van der Waals surface area contributed by atoms with Gasteiger partial charge in [-0.3, -0.25) is 19.2 Å². The van der Waals surface area contributed by atoms with Crippen LogP contribution >= 0.6 is 22.7 Å². The molecule has 0 aliphatic heterocycles. The fourth-order valence-electron chi connectivity index (χ4n) is 8.06. The Bertz CT molecular complexity index is 1490. The third-order valence-electron chi connectivity index (χ3n) is 11.4. The third-order valence-corrected chi connectivity index (χ3v) is 13.9. The summed E-state index contributed by atoms with van der Waals surface area (Å²) in [4.78, 5) is 48.8. The number of carboxylic acid groups (broad SMARTS) is 4. The molecule has 4 N–H and O–H groups in total. The molecule has 8 nitrogen and oxygen atoms in total. The molecular weight excluding hydrogens is 745 g/mol. The largest absolute Gasteiger partial charge is 0.481 e. The number of aryl methyl sites for hydroxylation is 4. The second-order valence-corrected chi connectivity index (χ2v) is 18.2. The first-order valence-electron chi connectivity index (χ1n) is 22.0. The average molecular weight is 815 g/mol. The van der Waals surface area contributed by atoms with Crippen molar-refractivity contribution in [1.29, 1.82) is 0 Å². The Morgan fingerprint density at radius 2 is 0.714 bits per heavy atom. The second kappa shape index (κ2) is 26.8. The van der Waals surface area contributed by atoms with Crippen LogP contribution in [0.1, 0.15) is 189 Å². The standard InChI is InChI=1S/C46H70O8S2/c1-3-5-7-9-11-13-15-17-19-21-25-33-37-31-42-38(32-41(37)55-39(33)29-23-27-35(43(47)48)44(49)50)34(26-22-20-18-16-14-12-10-8-6-4-2)40(56-42)30-24-28-36(45(51)52)46(53)54/h31-32,35-36H,3-30H2,1-2H3,(H,47,48)(H,49,50)(H,51,52)(H,53,54).